The van der Waals surface area contributed by atoms with Crippen LogP contribution in [0.5, 0.6) is 0 Å². The minimum absolute atomic E-state index is 0.120. The number of hydrogen-bond acceptors (Lipinski definition) is 2. The van der Waals surface area contributed by atoms with Crippen molar-refractivity contribution in [2.45, 2.75) is 38.1 Å². The molecule has 0 bridgehead atoms. The Morgan fingerprint density at radius 3 is 2.69 bits per heavy atom. The van der Waals surface area contributed by atoms with Gasteiger partial charge >= 0.3 is 0 Å². The highest BCUT2D eigenvalue weighted by Gasteiger charge is 2.34. The molecule has 1 fully saturated rings. The second-order valence-corrected chi connectivity index (χ2v) is 4.81. The van der Waals surface area contributed by atoms with Crippen LogP contribution in [0.3, 0.4) is 0 Å². The van der Waals surface area contributed by atoms with Crippen LogP contribution in [0.15, 0.2) is 24.3 Å². The lowest BCUT2D eigenvalue weighted by molar-refractivity contribution is 0.253. The molecule has 1 aliphatic rings. The van der Waals surface area contributed by atoms with Crippen molar-refractivity contribution in [3.05, 3.63) is 35.4 Å². The summed E-state index contributed by atoms with van der Waals surface area (Å²) in [5.41, 5.74) is 2.82. The number of nitrogens with one attached hydrogen (secondary N) is 1. The van der Waals surface area contributed by atoms with E-state index in [1.54, 1.807) is 0 Å². The van der Waals surface area contributed by atoms with E-state index in [2.05, 4.69) is 36.5 Å². The molecule has 2 heteroatoms. The highest BCUT2D eigenvalue weighted by molar-refractivity contribution is 5.30. The number of aliphatic hydroxyl groups excluding tert-OH is 1. The van der Waals surface area contributed by atoms with Crippen molar-refractivity contribution in [2.24, 2.45) is 0 Å². The first-order valence-electron chi connectivity index (χ1n) is 6.20. The Morgan fingerprint density at radius 1 is 1.31 bits per heavy atom. The normalized spacial score (nSPS) is 18.9. The summed E-state index contributed by atoms with van der Waals surface area (Å²) in [5.74, 6) is 0. The molecule has 0 unspecified atom stereocenters. The van der Waals surface area contributed by atoms with Gasteiger partial charge < -0.3 is 10.4 Å². The minimum atomic E-state index is 0.120. The number of benzene rings is 1. The van der Waals surface area contributed by atoms with Crippen molar-refractivity contribution < 1.29 is 5.11 Å². The molecule has 0 spiro atoms. The van der Waals surface area contributed by atoms with E-state index in [0.717, 1.165) is 0 Å². The molecule has 2 N–H and O–H groups in total. The van der Waals surface area contributed by atoms with Gasteiger partial charge in [-0.3, -0.25) is 0 Å². The Labute approximate surface area is 97.7 Å². The third-order valence-corrected chi connectivity index (χ3v) is 3.60. The van der Waals surface area contributed by atoms with E-state index < -0.39 is 0 Å². The molecule has 0 aliphatic heterocycles. The molecule has 1 aliphatic carbocycles. The summed E-state index contributed by atoms with van der Waals surface area (Å²) >= 11 is 0. The lowest BCUT2D eigenvalue weighted by Crippen LogP contribution is -2.41. The Hall–Kier alpha value is -0.860. The molecule has 0 aromatic heterocycles. The van der Waals surface area contributed by atoms with Crippen LogP contribution in [0.1, 0.15) is 36.8 Å². The number of aryl methyl sites for hydroxylation is 1. The van der Waals surface area contributed by atoms with Crippen LogP contribution >= 0.6 is 0 Å². The monoisotopic (exact) mass is 219 g/mol. The van der Waals surface area contributed by atoms with E-state index in [0.29, 0.717) is 6.54 Å². The Kier molecular flexibility index (Phi) is 3.62. The molecule has 16 heavy (non-hydrogen) atoms. The maximum atomic E-state index is 8.98. The predicted octanol–water partition coefficient (Wildman–Crippen LogP) is 2.35. The number of rotatable bonds is 4. The van der Waals surface area contributed by atoms with E-state index in [9.17, 15) is 0 Å². The summed E-state index contributed by atoms with van der Waals surface area (Å²) in [5, 5.41) is 12.5. The third-order valence-electron chi connectivity index (χ3n) is 3.60. The quantitative estimate of drug-likeness (QED) is 0.814. The van der Waals surface area contributed by atoms with Crippen LogP contribution in [0.25, 0.3) is 0 Å². The molecule has 2 rings (SSSR count). The van der Waals surface area contributed by atoms with Crippen molar-refractivity contribution >= 4 is 0 Å². The van der Waals surface area contributed by atoms with Crippen LogP contribution in [-0.4, -0.2) is 18.3 Å². The highest BCUT2D eigenvalue weighted by atomic mass is 16.3. The van der Waals surface area contributed by atoms with Gasteiger partial charge in [-0.15, -0.1) is 0 Å². The largest absolute Gasteiger partial charge is 0.395 e. The van der Waals surface area contributed by atoms with E-state index in [4.69, 9.17) is 5.11 Å². The first kappa shape index (κ1) is 11.6. The molecular weight excluding hydrogens is 198 g/mol. The van der Waals surface area contributed by atoms with Gasteiger partial charge in [0.05, 0.1) is 6.61 Å². The molecule has 0 amide bonds. The Bertz CT molecular complexity index is 342. The zero-order valence-electron chi connectivity index (χ0n) is 10.00. The number of hydrogen-bond donors (Lipinski definition) is 2. The molecular formula is C14H21NO. The summed E-state index contributed by atoms with van der Waals surface area (Å²) in [6, 6.07) is 8.75. The van der Waals surface area contributed by atoms with Crippen molar-refractivity contribution in [2.75, 3.05) is 13.2 Å². The van der Waals surface area contributed by atoms with Gasteiger partial charge in [-0.1, -0.05) is 42.7 Å². The third kappa shape index (κ3) is 2.28. The van der Waals surface area contributed by atoms with Crippen LogP contribution in [0.4, 0.5) is 0 Å². The average molecular weight is 219 g/mol. The SMILES string of the molecule is Cc1cccc(C2(NCCO)CCCC2)c1. The van der Waals surface area contributed by atoms with Crippen molar-refractivity contribution in [1.29, 1.82) is 0 Å². The topological polar surface area (TPSA) is 32.3 Å². The van der Waals surface area contributed by atoms with Crippen LogP contribution in [-0.2, 0) is 5.54 Å². The van der Waals surface area contributed by atoms with Gasteiger partial charge in [0.1, 0.15) is 0 Å². The second kappa shape index (κ2) is 4.98. The Balaban J connectivity index is 2.24. The van der Waals surface area contributed by atoms with E-state index in [1.807, 2.05) is 0 Å². The lowest BCUT2D eigenvalue weighted by atomic mass is 9.87. The molecule has 0 saturated heterocycles. The second-order valence-electron chi connectivity index (χ2n) is 4.81. The molecule has 0 radical (unpaired) electrons. The van der Waals surface area contributed by atoms with Crippen molar-refractivity contribution in [3.8, 4) is 0 Å². The van der Waals surface area contributed by atoms with Gasteiger partial charge in [-0.25, -0.2) is 0 Å². The van der Waals surface area contributed by atoms with Crippen LogP contribution < -0.4 is 5.32 Å². The fourth-order valence-electron chi connectivity index (χ4n) is 2.78. The summed E-state index contributed by atoms with van der Waals surface area (Å²) in [6.07, 6.45) is 4.95. The zero-order chi connectivity index (χ0) is 11.4. The van der Waals surface area contributed by atoms with Crippen molar-refractivity contribution in [1.82, 2.24) is 5.32 Å². The van der Waals surface area contributed by atoms with Gasteiger partial charge in [-0.05, 0) is 25.3 Å². The Morgan fingerprint density at radius 2 is 2.06 bits per heavy atom. The molecule has 1 saturated carbocycles. The summed E-state index contributed by atoms with van der Waals surface area (Å²) < 4.78 is 0. The molecule has 0 heterocycles. The first-order chi connectivity index (χ1) is 7.77. The number of aliphatic hydroxyl groups is 1. The molecule has 1 aromatic rings. The maximum Gasteiger partial charge on any atom is 0.0556 e. The summed E-state index contributed by atoms with van der Waals surface area (Å²) in [6.45, 7) is 3.04. The predicted molar refractivity (Wildman–Crippen MR) is 66.4 cm³/mol. The standard InChI is InChI=1S/C14H21NO/c1-12-5-4-6-13(11-12)14(15-9-10-16)7-2-3-8-14/h4-6,11,15-16H,2-3,7-10H2,1H3. The van der Waals surface area contributed by atoms with Gasteiger partial charge in [0, 0.05) is 12.1 Å². The summed E-state index contributed by atoms with van der Waals surface area (Å²) in [7, 11) is 0. The maximum absolute atomic E-state index is 8.98. The minimum Gasteiger partial charge on any atom is -0.395 e. The van der Waals surface area contributed by atoms with E-state index in [1.165, 1.54) is 36.8 Å². The average Bonchev–Trinajstić information content (AvgIpc) is 2.76. The van der Waals surface area contributed by atoms with E-state index in [-0.39, 0.29) is 12.1 Å². The smallest absolute Gasteiger partial charge is 0.0556 e. The fourth-order valence-corrected chi connectivity index (χ4v) is 2.78. The molecule has 88 valence electrons. The molecule has 1 aromatic carbocycles. The van der Waals surface area contributed by atoms with Gasteiger partial charge in [0.15, 0.2) is 0 Å². The summed E-state index contributed by atoms with van der Waals surface area (Å²) in [4.78, 5) is 0. The van der Waals surface area contributed by atoms with Crippen LogP contribution in [0.2, 0.25) is 0 Å². The fraction of sp³-hybridized carbons (Fsp3) is 0.571. The van der Waals surface area contributed by atoms with Gasteiger partial charge in [-0.2, -0.15) is 0 Å². The van der Waals surface area contributed by atoms with Gasteiger partial charge in [0.2, 0.25) is 0 Å². The van der Waals surface area contributed by atoms with E-state index >= 15 is 0 Å². The highest BCUT2D eigenvalue weighted by Crippen LogP contribution is 2.38. The first-order valence-corrected chi connectivity index (χ1v) is 6.20. The van der Waals surface area contributed by atoms with Crippen molar-refractivity contribution in [3.63, 3.8) is 0 Å². The lowest BCUT2D eigenvalue weighted by Gasteiger charge is -2.31. The molecule has 0 atom stereocenters. The van der Waals surface area contributed by atoms with Gasteiger partial charge in [0.25, 0.3) is 0 Å². The van der Waals surface area contributed by atoms with Crippen LogP contribution in [0, 0.1) is 6.92 Å². The molecule has 2 nitrogen and oxygen atoms in total. The zero-order valence-corrected chi connectivity index (χ0v) is 10.00.